The summed E-state index contributed by atoms with van der Waals surface area (Å²) in [4.78, 5) is 39.3. The Kier molecular flexibility index (Phi) is 4.45. The normalized spacial score (nSPS) is 10.1. The van der Waals surface area contributed by atoms with Crippen molar-refractivity contribution in [3.63, 3.8) is 0 Å². The first-order valence-corrected chi connectivity index (χ1v) is 6.21. The predicted molar refractivity (Wildman–Crippen MR) is 75.8 cm³/mol. The second kappa shape index (κ2) is 6.47. The minimum atomic E-state index is -1.01. The maximum Gasteiger partial charge on any atom is 0.303 e. The molecule has 2 rings (SSSR count). The average molecular weight is 287 g/mol. The molecule has 7 nitrogen and oxygen atoms in total. The number of benzene rings is 1. The Labute approximate surface area is 119 Å². The molecule has 2 aromatic rings. The molecule has 0 bridgehead atoms. The van der Waals surface area contributed by atoms with Gasteiger partial charge < -0.3 is 15.4 Å². The number of H-pyrrole nitrogens is 1. The van der Waals surface area contributed by atoms with Crippen LogP contribution in [0.3, 0.4) is 0 Å². The Morgan fingerprint density at radius 3 is 2.48 bits per heavy atom. The number of aromatic amines is 1. The molecule has 0 aliphatic carbocycles. The molecule has 0 spiro atoms. The van der Waals surface area contributed by atoms with Crippen LogP contribution in [0, 0.1) is 0 Å². The number of hydrogen-bond donors (Lipinski definition) is 3. The summed E-state index contributed by atoms with van der Waals surface area (Å²) in [5, 5.41) is 11.1. The summed E-state index contributed by atoms with van der Waals surface area (Å²) in [6, 6.07) is 6.85. The molecular formula is C14H13N3O4. The van der Waals surface area contributed by atoms with Crippen LogP contribution in [0.25, 0.3) is 11.3 Å². The molecule has 0 fully saturated rings. The SMILES string of the molecule is O=C(O)CCC(=O)Nc1ccc(-c2c[nH]c(=O)cn2)cc1. The van der Waals surface area contributed by atoms with Crippen LogP contribution in [0.4, 0.5) is 5.69 Å². The van der Waals surface area contributed by atoms with Gasteiger partial charge in [-0.05, 0) is 12.1 Å². The highest BCUT2D eigenvalue weighted by atomic mass is 16.4. The summed E-state index contributed by atoms with van der Waals surface area (Å²) in [6.07, 6.45) is 2.42. The van der Waals surface area contributed by atoms with Gasteiger partial charge in [-0.3, -0.25) is 14.4 Å². The second-order valence-electron chi connectivity index (χ2n) is 4.32. The van der Waals surface area contributed by atoms with Gasteiger partial charge in [-0.2, -0.15) is 0 Å². The lowest BCUT2D eigenvalue weighted by Gasteiger charge is -2.05. The van der Waals surface area contributed by atoms with Crippen molar-refractivity contribution in [1.29, 1.82) is 0 Å². The number of carbonyl (C=O) groups excluding carboxylic acids is 1. The monoisotopic (exact) mass is 287 g/mol. The molecule has 1 heterocycles. The van der Waals surface area contributed by atoms with Crippen molar-refractivity contribution < 1.29 is 14.7 Å². The molecule has 0 aliphatic heterocycles. The Balaban J connectivity index is 2.02. The molecule has 0 aliphatic rings. The van der Waals surface area contributed by atoms with E-state index in [1.54, 1.807) is 24.3 Å². The van der Waals surface area contributed by atoms with Crippen LogP contribution in [-0.4, -0.2) is 27.0 Å². The van der Waals surface area contributed by atoms with Crippen LogP contribution in [0.15, 0.2) is 41.5 Å². The number of amides is 1. The van der Waals surface area contributed by atoms with Crippen molar-refractivity contribution >= 4 is 17.6 Å². The van der Waals surface area contributed by atoms with Crippen molar-refractivity contribution in [2.24, 2.45) is 0 Å². The highest BCUT2D eigenvalue weighted by Crippen LogP contribution is 2.18. The smallest absolute Gasteiger partial charge is 0.303 e. The molecule has 3 N–H and O–H groups in total. The number of nitrogens with zero attached hydrogens (tertiary/aromatic N) is 1. The number of anilines is 1. The summed E-state index contributed by atoms with van der Waals surface area (Å²) in [5.74, 6) is -1.36. The van der Waals surface area contributed by atoms with Crippen LogP contribution in [0.5, 0.6) is 0 Å². The van der Waals surface area contributed by atoms with Crippen LogP contribution in [-0.2, 0) is 9.59 Å². The van der Waals surface area contributed by atoms with Crippen LogP contribution >= 0.6 is 0 Å². The quantitative estimate of drug-likeness (QED) is 0.766. The van der Waals surface area contributed by atoms with Crippen LogP contribution in [0.2, 0.25) is 0 Å². The average Bonchev–Trinajstić information content (AvgIpc) is 2.47. The summed E-state index contributed by atoms with van der Waals surface area (Å²) < 4.78 is 0. The molecule has 0 saturated carbocycles. The van der Waals surface area contributed by atoms with Crippen molar-refractivity contribution in [3.8, 4) is 11.3 Å². The van der Waals surface area contributed by atoms with Gasteiger partial charge in [0.25, 0.3) is 5.56 Å². The summed E-state index contributed by atoms with van der Waals surface area (Å²) in [6.45, 7) is 0. The Hall–Kier alpha value is -2.96. The maximum absolute atomic E-state index is 11.5. The fraction of sp³-hybridized carbons (Fsp3) is 0.143. The van der Waals surface area contributed by atoms with Gasteiger partial charge in [-0.1, -0.05) is 12.1 Å². The number of hydrogen-bond acceptors (Lipinski definition) is 4. The highest BCUT2D eigenvalue weighted by molar-refractivity contribution is 5.92. The van der Waals surface area contributed by atoms with Gasteiger partial charge in [0.2, 0.25) is 5.91 Å². The number of aromatic nitrogens is 2. The van der Waals surface area contributed by atoms with E-state index in [1.807, 2.05) is 0 Å². The fourth-order valence-electron chi connectivity index (χ4n) is 1.67. The number of carboxylic acid groups (broad SMARTS) is 1. The van der Waals surface area contributed by atoms with E-state index in [9.17, 15) is 14.4 Å². The third-order valence-corrected chi connectivity index (χ3v) is 2.70. The zero-order valence-corrected chi connectivity index (χ0v) is 11.0. The maximum atomic E-state index is 11.5. The molecule has 0 unspecified atom stereocenters. The first-order valence-electron chi connectivity index (χ1n) is 6.21. The van der Waals surface area contributed by atoms with Gasteiger partial charge in [0, 0.05) is 23.9 Å². The van der Waals surface area contributed by atoms with E-state index < -0.39 is 5.97 Å². The number of carboxylic acids is 1. The predicted octanol–water partition coefficient (Wildman–Crippen LogP) is 1.24. The van der Waals surface area contributed by atoms with Crippen molar-refractivity contribution in [3.05, 3.63) is 47.0 Å². The van der Waals surface area contributed by atoms with Gasteiger partial charge in [0.1, 0.15) is 0 Å². The van der Waals surface area contributed by atoms with E-state index in [0.717, 1.165) is 5.56 Å². The van der Waals surface area contributed by atoms with Gasteiger partial charge in [0.05, 0.1) is 18.3 Å². The molecule has 0 radical (unpaired) electrons. The lowest BCUT2D eigenvalue weighted by atomic mass is 10.1. The number of carbonyl (C=O) groups is 2. The Morgan fingerprint density at radius 2 is 1.90 bits per heavy atom. The van der Waals surface area contributed by atoms with Crippen LogP contribution in [0.1, 0.15) is 12.8 Å². The van der Waals surface area contributed by atoms with E-state index in [2.05, 4.69) is 15.3 Å². The number of aliphatic carboxylic acids is 1. The summed E-state index contributed by atoms with van der Waals surface area (Å²) >= 11 is 0. The van der Waals surface area contributed by atoms with Crippen molar-refractivity contribution in [2.75, 3.05) is 5.32 Å². The molecule has 108 valence electrons. The fourth-order valence-corrected chi connectivity index (χ4v) is 1.67. The summed E-state index contributed by atoms with van der Waals surface area (Å²) in [5.41, 5.74) is 1.69. The minimum Gasteiger partial charge on any atom is -0.481 e. The minimum absolute atomic E-state index is 0.0709. The third kappa shape index (κ3) is 4.27. The largest absolute Gasteiger partial charge is 0.481 e. The van der Waals surface area contributed by atoms with E-state index in [-0.39, 0.29) is 24.3 Å². The third-order valence-electron chi connectivity index (χ3n) is 2.70. The molecule has 21 heavy (non-hydrogen) atoms. The lowest BCUT2D eigenvalue weighted by Crippen LogP contribution is -2.13. The van der Waals surface area contributed by atoms with E-state index in [0.29, 0.717) is 11.4 Å². The molecule has 1 aromatic heterocycles. The molecular weight excluding hydrogens is 274 g/mol. The molecule has 7 heteroatoms. The zero-order chi connectivity index (χ0) is 15.2. The standard InChI is InChI=1S/C14H13N3O4/c18-12(5-6-14(20)21)17-10-3-1-9(2-4-10)11-7-16-13(19)8-15-11/h1-4,7-8H,5-6H2,(H,16,19)(H,17,18)(H,20,21). The topological polar surface area (TPSA) is 112 Å². The first kappa shape index (κ1) is 14.4. The van der Waals surface area contributed by atoms with Crippen LogP contribution < -0.4 is 10.9 Å². The Morgan fingerprint density at radius 1 is 1.19 bits per heavy atom. The van der Waals surface area contributed by atoms with E-state index >= 15 is 0 Å². The van der Waals surface area contributed by atoms with Crippen molar-refractivity contribution in [2.45, 2.75) is 12.8 Å². The zero-order valence-electron chi connectivity index (χ0n) is 11.0. The summed E-state index contributed by atoms with van der Waals surface area (Å²) in [7, 11) is 0. The first-order chi connectivity index (χ1) is 10.0. The molecule has 1 amide bonds. The highest BCUT2D eigenvalue weighted by Gasteiger charge is 2.06. The Bertz CT molecular complexity index is 686. The van der Waals surface area contributed by atoms with E-state index in [1.165, 1.54) is 12.4 Å². The number of nitrogens with one attached hydrogen (secondary N) is 2. The molecule has 0 saturated heterocycles. The molecule has 1 aromatic carbocycles. The van der Waals surface area contributed by atoms with Gasteiger partial charge >= 0.3 is 5.97 Å². The van der Waals surface area contributed by atoms with Gasteiger partial charge in [-0.15, -0.1) is 0 Å². The molecule has 0 atom stereocenters. The van der Waals surface area contributed by atoms with Gasteiger partial charge in [0.15, 0.2) is 0 Å². The number of rotatable bonds is 5. The second-order valence-corrected chi connectivity index (χ2v) is 4.32. The van der Waals surface area contributed by atoms with E-state index in [4.69, 9.17) is 5.11 Å². The van der Waals surface area contributed by atoms with Crippen molar-refractivity contribution in [1.82, 2.24) is 9.97 Å². The van der Waals surface area contributed by atoms with Gasteiger partial charge in [-0.25, -0.2) is 4.98 Å². The lowest BCUT2D eigenvalue weighted by molar-refractivity contribution is -0.138.